The van der Waals surface area contributed by atoms with Crippen LogP contribution in [0.1, 0.15) is 48.9 Å². The number of rotatable bonds is 2. The summed E-state index contributed by atoms with van der Waals surface area (Å²) in [4.78, 5) is 11.5. The van der Waals surface area contributed by atoms with E-state index >= 15 is 0 Å². The summed E-state index contributed by atoms with van der Waals surface area (Å²) in [7, 11) is 2.29. The molecule has 2 aliphatic rings. The summed E-state index contributed by atoms with van der Waals surface area (Å²) >= 11 is 0. The number of hydrogen-bond donors (Lipinski definition) is 1. The number of aromatic nitrogens is 1. The van der Waals surface area contributed by atoms with Crippen LogP contribution >= 0.6 is 0 Å². The molecule has 1 aromatic heterocycles. The number of para-hydroxylation sites is 1. The molecule has 1 aliphatic heterocycles. The fourth-order valence-electron chi connectivity index (χ4n) is 5.12. The first-order chi connectivity index (χ1) is 13.3. The molecule has 5 rings (SSSR count). The lowest BCUT2D eigenvalue weighted by molar-refractivity contribution is 0.124. The first kappa shape index (κ1) is 16.8. The number of nitrogens with one attached hydrogen (secondary N) is 1. The molecular formula is C24H27N3. The predicted octanol–water partition coefficient (Wildman–Crippen LogP) is 5.31. The molecule has 0 atom stereocenters. The molecule has 0 radical (unpaired) electrons. The number of aromatic amines is 1. The first-order valence-electron chi connectivity index (χ1n) is 10.2. The zero-order chi connectivity index (χ0) is 18.3. The molecule has 0 bridgehead atoms. The average molecular weight is 358 g/mol. The minimum Gasteiger partial charge on any atom is -0.357 e. The second-order valence-corrected chi connectivity index (χ2v) is 8.12. The summed E-state index contributed by atoms with van der Waals surface area (Å²) in [6.45, 7) is 1.74. The Kier molecular flexibility index (Phi) is 4.13. The predicted molar refractivity (Wildman–Crippen MR) is 112 cm³/mol. The van der Waals surface area contributed by atoms with Crippen LogP contribution in [0.4, 0.5) is 0 Å². The normalized spacial score (nSPS) is 21.0. The third kappa shape index (κ3) is 2.72. The highest BCUT2D eigenvalue weighted by Crippen LogP contribution is 2.43. The topological polar surface area (TPSA) is 31.4 Å². The third-order valence-electron chi connectivity index (χ3n) is 6.53. The molecule has 1 fully saturated rings. The first-order valence-corrected chi connectivity index (χ1v) is 10.2. The zero-order valence-electron chi connectivity index (χ0n) is 16.0. The van der Waals surface area contributed by atoms with Gasteiger partial charge in [0.1, 0.15) is 0 Å². The van der Waals surface area contributed by atoms with Crippen LogP contribution < -0.4 is 0 Å². The molecule has 1 saturated carbocycles. The van der Waals surface area contributed by atoms with Crippen molar-refractivity contribution in [2.24, 2.45) is 4.99 Å². The fourth-order valence-corrected chi connectivity index (χ4v) is 5.12. The van der Waals surface area contributed by atoms with Gasteiger partial charge in [0.15, 0.2) is 0 Å². The SMILES string of the molecule is CN1Cc2[nH]c3ccccc3c2C(=NCc2ccccc2)C12CCCCC2. The van der Waals surface area contributed by atoms with Crippen molar-refractivity contribution < 1.29 is 0 Å². The van der Waals surface area contributed by atoms with Gasteiger partial charge in [0.25, 0.3) is 0 Å². The Balaban J connectivity index is 1.69. The smallest absolute Gasteiger partial charge is 0.0652 e. The fraction of sp³-hybridized carbons (Fsp3) is 0.375. The maximum absolute atomic E-state index is 5.30. The molecule has 1 N–H and O–H groups in total. The van der Waals surface area contributed by atoms with Gasteiger partial charge in [0, 0.05) is 28.7 Å². The van der Waals surface area contributed by atoms with Gasteiger partial charge in [0.05, 0.1) is 17.8 Å². The summed E-state index contributed by atoms with van der Waals surface area (Å²) in [5.74, 6) is 0. The van der Waals surface area contributed by atoms with E-state index in [2.05, 4.69) is 71.5 Å². The number of benzene rings is 2. The molecule has 3 nitrogen and oxygen atoms in total. The van der Waals surface area contributed by atoms with E-state index in [-0.39, 0.29) is 5.54 Å². The Labute approximate surface area is 161 Å². The van der Waals surface area contributed by atoms with Crippen molar-refractivity contribution in [1.29, 1.82) is 0 Å². The Hall–Kier alpha value is -2.39. The minimum absolute atomic E-state index is 0.0883. The summed E-state index contributed by atoms with van der Waals surface area (Å²) in [5, 5.41) is 1.33. The van der Waals surface area contributed by atoms with Crippen LogP contribution in [-0.2, 0) is 13.1 Å². The molecule has 0 saturated heterocycles. The van der Waals surface area contributed by atoms with Crippen molar-refractivity contribution >= 4 is 16.6 Å². The number of likely N-dealkylation sites (N-methyl/N-ethyl adjacent to an activating group) is 1. The van der Waals surface area contributed by atoms with Crippen LogP contribution in [0, 0.1) is 0 Å². The Morgan fingerprint density at radius 1 is 0.963 bits per heavy atom. The molecule has 1 spiro atoms. The highest BCUT2D eigenvalue weighted by Gasteiger charge is 2.46. The summed E-state index contributed by atoms with van der Waals surface area (Å²) in [5.41, 5.74) is 6.61. The van der Waals surface area contributed by atoms with Gasteiger partial charge in [-0.05, 0) is 31.5 Å². The molecule has 2 aromatic carbocycles. The van der Waals surface area contributed by atoms with Crippen LogP contribution in [0.15, 0.2) is 59.6 Å². The lowest BCUT2D eigenvalue weighted by Crippen LogP contribution is -2.56. The maximum atomic E-state index is 5.30. The van der Waals surface area contributed by atoms with Crippen LogP contribution in [0.2, 0.25) is 0 Å². The Morgan fingerprint density at radius 2 is 1.70 bits per heavy atom. The summed E-state index contributed by atoms with van der Waals surface area (Å²) in [6, 6.07) is 19.4. The van der Waals surface area contributed by atoms with Crippen molar-refractivity contribution in [2.75, 3.05) is 7.05 Å². The van der Waals surface area contributed by atoms with Crippen molar-refractivity contribution in [2.45, 2.75) is 50.7 Å². The van der Waals surface area contributed by atoms with Gasteiger partial charge in [-0.25, -0.2) is 0 Å². The molecule has 2 heterocycles. The van der Waals surface area contributed by atoms with Crippen molar-refractivity contribution in [3.05, 3.63) is 71.4 Å². The van der Waals surface area contributed by atoms with E-state index in [0.29, 0.717) is 0 Å². The number of fused-ring (bicyclic) bond motifs is 3. The molecule has 1 aliphatic carbocycles. The van der Waals surface area contributed by atoms with Gasteiger partial charge in [-0.3, -0.25) is 9.89 Å². The number of H-pyrrole nitrogens is 1. The van der Waals surface area contributed by atoms with E-state index in [1.54, 1.807) is 0 Å². The van der Waals surface area contributed by atoms with Crippen molar-refractivity contribution in [1.82, 2.24) is 9.88 Å². The molecule has 3 heteroatoms. The summed E-state index contributed by atoms with van der Waals surface area (Å²) < 4.78 is 0. The molecule has 0 amide bonds. The number of nitrogens with zero attached hydrogens (tertiary/aromatic N) is 2. The average Bonchev–Trinajstić information content (AvgIpc) is 3.07. The quantitative estimate of drug-likeness (QED) is 0.662. The van der Waals surface area contributed by atoms with E-state index < -0.39 is 0 Å². The molecule has 27 heavy (non-hydrogen) atoms. The lowest BCUT2D eigenvalue weighted by Gasteiger charge is -2.48. The lowest BCUT2D eigenvalue weighted by atomic mass is 9.72. The van der Waals surface area contributed by atoms with Crippen molar-refractivity contribution in [3.63, 3.8) is 0 Å². The van der Waals surface area contributed by atoms with Crippen molar-refractivity contribution in [3.8, 4) is 0 Å². The Bertz CT molecular complexity index is 977. The van der Waals surface area contributed by atoms with Crippen LogP contribution in [0.3, 0.4) is 0 Å². The molecule has 138 valence electrons. The highest BCUT2D eigenvalue weighted by molar-refractivity contribution is 6.17. The van der Waals surface area contributed by atoms with Gasteiger partial charge in [-0.1, -0.05) is 67.8 Å². The summed E-state index contributed by atoms with van der Waals surface area (Å²) in [6.07, 6.45) is 6.38. The monoisotopic (exact) mass is 357 g/mol. The van der Waals surface area contributed by atoms with Gasteiger partial charge in [0.2, 0.25) is 0 Å². The Morgan fingerprint density at radius 3 is 2.52 bits per heavy atom. The number of aliphatic imine (C=N–C) groups is 1. The van der Waals surface area contributed by atoms with Gasteiger partial charge in [-0.2, -0.15) is 0 Å². The molecule has 3 aromatic rings. The second-order valence-electron chi connectivity index (χ2n) is 8.12. The minimum atomic E-state index is 0.0883. The van der Waals surface area contributed by atoms with Gasteiger partial charge in [-0.15, -0.1) is 0 Å². The van der Waals surface area contributed by atoms with Crippen LogP contribution in [0.25, 0.3) is 10.9 Å². The van der Waals surface area contributed by atoms with E-state index in [1.165, 1.54) is 65.5 Å². The van der Waals surface area contributed by atoms with Crippen LogP contribution in [-0.4, -0.2) is 28.2 Å². The standard InChI is InChI=1S/C24H27N3/c1-27-17-21-22(19-12-6-7-13-20(19)26-21)23(24(27)14-8-3-9-15-24)25-16-18-10-4-2-5-11-18/h2,4-7,10-13,26H,3,8-9,14-17H2,1H3. The highest BCUT2D eigenvalue weighted by atomic mass is 15.2. The van der Waals surface area contributed by atoms with E-state index in [1.807, 2.05) is 0 Å². The van der Waals surface area contributed by atoms with E-state index in [9.17, 15) is 0 Å². The zero-order valence-corrected chi connectivity index (χ0v) is 16.0. The van der Waals surface area contributed by atoms with E-state index in [4.69, 9.17) is 4.99 Å². The third-order valence-corrected chi connectivity index (χ3v) is 6.53. The maximum Gasteiger partial charge on any atom is 0.0652 e. The van der Waals surface area contributed by atoms with E-state index in [0.717, 1.165) is 13.1 Å². The molecular weight excluding hydrogens is 330 g/mol. The number of hydrogen-bond acceptors (Lipinski definition) is 2. The molecule has 0 unspecified atom stereocenters. The van der Waals surface area contributed by atoms with Crippen LogP contribution in [0.5, 0.6) is 0 Å². The van der Waals surface area contributed by atoms with Gasteiger partial charge < -0.3 is 4.98 Å². The van der Waals surface area contributed by atoms with Gasteiger partial charge >= 0.3 is 0 Å². The largest absolute Gasteiger partial charge is 0.357 e. The second kappa shape index (κ2) is 6.65.